The third-order valence-electron chi connectivity index (χ3n) is 8.38. The molecule has 22 heteroatoms. The first kappa shape index (κ1) is 41.6. The van der Waals surface area contributed by atoms with Crippen molar-refractivity contribution in [2.45, 2.75) is 6.42 Å². The Morgan fingerprint density at radius 2 is 1.25 bits per heavy atom. The van der Waals surface area contributed by atoms with Gasteiger partial charge in [-0.25, -0.2) is 10.0 Å². The van der Waals surface area contributed by atoms with Crippen LogP contribution in [0.4, 0.5) is 23.1 Å². The van der Waals surface area contributed by atoms with E-state index in [-0.39, 0.29) is 89.8 Å². The Kier molecular flexibility index (Phi) is 13.5. The Bertz CT molecular complexity index is 2290. The van der Waals surface area contributed by atoms with Crippen LogP contribution in [0, 0.1) is 5.41 Å². The van der Waals surface area contributed by atoms with Crippen molar-refractivity contribution < 1.29 is 24.0 Å². The van der Waals surface area contributed by atoms with Crippen LogP contribution >= 0.6 is 23.2 Å². The van der Waals surface area contributed by atoms with E-state index in [0.717, 1.165) is 0 Å². The Labute approximate surface area is 336 Å². The van der Waals surface area contributed by atoms with Crippen LogP contribution in [0.1, 0.15) is 58.7 Å². The van der Waals surface area contributed by atoms with Crippen LogP contribution in [-0.2, 0) is 28.2 Å². The van der Waals surface area contributed by atoms with Crippen molar-refractivity contribution in [3.05, 3.63) is 89.1 Å². The van der Waals surface area contributed by atoms with Gasteiger partial charge in [-0.3, -0.25) is 43.4 Å². The molecule has 0 saturated carbocycles. The molecule has 57 heavy (non-hydrogen) atoms. The fourth-order valence-electron chi connectivity index (χ4n) is 5.65. The van der Waals surface area contributed by atoms with Gasteiger partial charge in [0.25, 0.3) is 29.5 Å². The molecular formula is C35H41Cl2N15O5. The van der Waals surface area contributed by atoms with E-state index in [0.29, 0.717) is 11.3 Å². The Morgan fingerprint density at radius 3 is 1.82 bits per heavy atom. The zero-order valence-electron chi connectivity index (χ0n) is 31.4. The number of anilines is 4. The van der Waals surface area contributed by atoms with Crippen molar-refractivity contribution in [1.82, 2.24) is 44.2 Å². The molecule has 7 N–H and O–H groups in total. The smallest absolute Gasteiger partial charge is 0.275 e. The topological polar surface area (TPSA) is 248 Å². The summed E-state index contributed by atoms with van der Waals surface area (Å²) in [6, 6.07) is 14.3. The molecule has 4 heterocycles. The number of alkyl halides is 2. The molecule has 0 atom stereocenters. The van der Waals surface area contributed by atoms with Crippen LogP contribution in [0.25, 0.3) is 0 Å². The summed E-state index contributed by atoms with van der Waals surface area (Å²) in [6.07, 6.45) is 1.73. The van der Waals surface area contributed by atoms with Crippen LogP contribution in [0.5, 0.6) is 0 Å². The zero-order chi connectivity index (χ0) is 41.4. The number of aryl methyl sites for hydroxylation is 4. The van der Waals surface area contributed by atoms with Gasteiger partial charge in [-0.05, 0) is 18.2 Å². The van der Waals surface area contributed by atoms with Gasteiger partial charge in [-0.1, -0.05) is 18.2 Å². The molecule has 0 spiro atoms. The fourth-order valence-corrected chi connectivity index (χ4v) is 6.04. The largest absolute Gasteiger partial charge is 0.388 e. The van der Waals surface area contributed by atoms with Gasteiger partial charge in [0, 0.05) is 96.0 Å². The van der Waals surface area contributed by atoms with E-state index in [9.17, 15) is 24.0 Å². The van der Waals surface area contributed by atoms with Gasteiger partial charge in [-0.15, -0.1) is 23.2 Å². The zero-order valence-corrected chi connectivity index (χ0v) is 32.9. The maximum Gasteiger partial charge on any atom is 0.275 e. The average molecular weight is 823 g/mol. The summed E-state index contributed by atoms with van der Waals surface area (Å²) in [5.74, 6) is -1.89. The summed E-state index contributed by atoms with van der Waals surface area (Å²) in [4.78, 5) is 66.2. The first-order chi connectivity index (χ1) is 27.2. The second-order valence-corrected chi connectivity index (χ2v) is 13.3. The number of carbonyl (C=O) groups excluding carboxylic acids is 5. The minimum Gasteiger partial charge on any atom is -0.388 e. The van der Waals surface area contributed by atoms with Crippen molar-refractivity contribution in [3.8, 4) is 0 Å². The molecule has 5 rings (SSSR count). The second kappa shape index (κ2) is 18.4. The van der Waals surface area contributed by atoms with Crippen molar-refractivity contribution in [1.29, 1.82) is 5.41 Å². The molecule has 0 saturated heterocycles. The predicted octanol–water partition coefficient (Wildman–Crippen LogP) is 2.38. The summed E-state index contributed by atoms with van der Waals surface area (Å²) in [7, 11) is 6.23. The van der Waals surface area contributed by atoms with Gasteiger partial charge < -0.3 is 31.6 Å². The van der Waals surface area contributed by atoms with Gasteiger partial charge in [0.2, 0.25) is 0 Å². The Morgan fingerprint density at radius 1 is 0.719 bits per heavy atom. The number of hydrogen-bond donors (Lipinski definition) is 6. The summed E-state index contributed by atoms with van der Waals surface area (Å²) < 4.78 is 5.40. The number of aromatic nitrogens is 7. The number of nitrogens with one attached hydrogen (secondary N) is 5. The first-order valence-corrected chi connectivity index (χ1v) is 18.4. The van der Waals surface area contributed by atoms with Gasteiger partial charge in [0.1, 0.15) is 22.8 Å². The van der Waals surface area contributed by atoms with Crippen molar-refractivity contribution >= 4 is 81.7 Å². The summed E-state index contributed by atoms with van der Waals surface area (Å²) in [6.45, 7) is 0.733. The number of nitrogens with two attached hydrogens (primary N) is 1. The highest BCUT2D eigenvalue weighted by Crippen LogP contribution is 2.23. The van der Waals surface area contributed by atoms with Crippen LogP contribution < -0.4 is 32.0 Å². The van der Waals surface area contributed by atoms with E-state index in [4.69, 9.17) is 34.3 Å². The molecular weight excluding hydrogens is 781 g/mol. The van der Waals surface area contributed by atoms with E-state index >= 15 is 0 Å². The molecule has 0 unspecified atom stereocenters. The SMILES string of the molecule is Cn1cc(NC(=O)c2cc(N(C(=O)c3ccccc3)N(CCCl)CCCl)nn2C)cc1C(=O)Nc1cc(C(=O)Nc2cc(C(=O)NCCC(=N)N)n(C)n2)n(C)n1. The number of halogens is 2. The highest BCUT2D eigenvalue weighted by atomic mass is 35.5. The number of hydrogen-bond acceptors (Lipinski definition) is 10. The number of nitrogens with zero attached hydrogens (tertiary/aromatic N) is 9. The molecule has 0 radical (unpaired) electrons. The lowest BCUT2D eigenvalue weighted by atomic mass is 10.2. The van der Waals surface area contributed by atoms with Gasteiger partial charge in [0.05, 0.1) is 11.5 Å². The molecule has 5 aromatic rings. The maximum absolute atomic E-state index is 13.7. The average Bonchev–Trinajstić information content (AvgIpc) is 3.93. The van der Waals surface area contributed by atoms with Crippen LogP contribution in [-0.4, -0.2) is 106 Å². The number of hydrazine groups is 1. The minimum atomic E-state index is -0.604. The normalized spacial score (nSPS) is 11.0. The lowest BCUT2D eigenvalue weighted by Crippen LogP contribution is -2.49. The molecule has 1 aromatic carbocycles. The fraction of sp³-hybridized carbons (Fsp3) is 0.286. The third-order valence-corrected chi connectivity index (χ3v) is 8.72. The van der Waals surface area contributed by atoms with Gasteiger partial charge >= 0.3 is 0 Å². The van der Waals surface area contributed by atoms with Gasteiger partial charge in [-0.2, -0.15) is 15.3 Å². The van der Waals surface area contributed by atoms with E-state index in [1.54, 1.807) is 55.6 Å². The maximum atomic E-state index is 13.7. The lowest BCUT2D eigenvalue weighted by molar-refractivity contribution is 0.0899. The van der Waals surface area contributed by atoms with Crippen LogP contribution in [0.3, 0.4) is 0 Å². The predicted molar refractivity (Wildman–Crippen MR) is 214 cm³/mol. The summed E-state index contributed by atoms with van der Waals surface area (Å²) >= 11 is 12.1. The number of benzene rings is 1. The number of amides is 5. The van der Waals surface area contributed by atoms with Crippen LogP contribution in [0.2, 0.25) is 0 Å². The second-order valence-electron chi connectivity index (χ2n) is 12.5. The summed E-state index contributed by atoms with van der Waals surface area (Å²) in [5, 5.41) is 33.8. The van der Waals surface area contributed by atoms with Crippen molar-refractivity contribution in [2.75, 3.05) is 52.4 Å². The molecule has 0 fully saturated rings. The number of carbonyl (C=O) groups is 5. The van der Waals surface area contributed by atoms with E-state index in [1.807, 2.05) is 0 Å². The summed E-state index contributed by atoms with van der Waals surface area (Å²) in [5.41, 5.74) is 6.55. The number of rotatable bonds is 17. The quantitative estimate of drug-likeness (QED) is 0.0346. The number of amidine groups is 1. The molecule has 0 bridgehead atoms. The Hall–Kier alpha value is -6.51. The highest BCUT2D eigenvalue weighted by Gasteiger charge is 2.29. The lowest BCUT2D eigenvalue weighted by Gasteiger charge is -2.32. The monoisotopic (exact) mass is 821 g/mol. The molecule has 4 aromatic heterocycles. The molecule has 0 aliphatic carbocycles. The standard InChI is InChI=1S/C35H41Cl2N15O5/c1-47-20-22(41-33(55)26-19-30(46-50(26)4)52(51(14-11-36)15-12-37)35(57)21-8-6-5-7-9-21)16-23(47)32(54)42-29-18-25(49(3)45-29)34(56)43-28-17-24(48(2)44-28)31(53)40-13-10-27(38)39/h5-9,16-20H,10-15H2,1-4H3,(H3,38,39)(H,40,53)(H,41,55)(H,42,45,54)(H,43,44,56). The molecule has 0 aliphatic rings. The molecule has 0 aliphatic heterocycles. The highest BCUT2D eigenvalue weighted by molar-refractivity contribution is 6.18. The van der Waals surface area contributed by atoms with E-state index in [1.165, 1.54) is 62.0 Å². The van der Waals surface area contributed by atoms with Gasteiger partial charge in [0.15, 0.2) is 17.5 Å². The first-order valence-electron chi connectivity index (χ1n) is 17.3. The van der Waals surface area contributed by atoms with Crippen LogP contribution in [0.15, 0.2) is 60.8 Å². The molecule has 300 valence electrons. The van der Waals surface area contributed by atoms with E-state index < -0.39 is 23.6 Å². The van der Waals surface area contributed by atoms with Crippen molar-refractivity contribution in [2.24, 2.45) is 33.9 Å². The minimum absolute atomic E-state index is 0.0634. The van der Waals surface area contributed by atoms with E-state index in [2.05, 4.69) is 36.6 Å². The Balaban J connectivity index is 1.26. The molecule has 5 amide bonds. The van der Waals surface area contributed by atoms with Crippen molar-refractivity contribution in [3.63, 3.8) is 0 Å². The third kappa shape index (κ3) is 10.0. The molecule has 20 nitrogen and oxygen atoms in total.